The molecular weight excluding hydrogens is 284 g/mol. The van der Waals surface area contributed by atoms with Gasteiger partial charge >= 0.3 is 0 Å². The second-order valence-corrected chi connectivity index (χ2v) is 6.12. The summed E-state index contributed by atoms with van der Waals surface area (Å²) in [4.78, 5) is 0. The number of nitrogen functional groups attached to an aromatic ring is 1. The van der Waals surface area contributed by atoms with E-state index in [-0.39, 0.29) is 25.5 Å². The maximum absolute atomic E-state index is 11.6. The van der Waals surface area contributed by atoms with Gasteiger partial charge in [-0.2, -0.15) is 0 Å². The molecule has 1 aromatic rings. The van der Waals surface area contributed by atoms with Crippen molar-refractivity contribution in [3.63, 3.8) is 0 Å². The third-order valence-electron chi connectivity index (χ3n) is 2.40. The van der Waals surface area contributed by atoms with Gasteiger partial charge in [-0.25, -0.2) is 13.1 Å². The fourth-order valence-electron chi connectivity index (χ4n) is 1.38. The quantitative estimate of drug-likeness (QED) is 0.534. The van der Waals surface area contributed by atoms with Gasteiger partial charge in [-0.05, 0) is 24.3 Å². The molecule has 4 N–H and O–H groups in total. The van der Waals surface area contributed by atoms with Gasteiger partial charge in [0.25, 0.3) is 0 Å². The van der Waals surface area contributed by atoms with Crippen LogP contribution >= 0.6 is 0 Å². The molecule has 0 heterocycles. The lowest BCUT2D eigenvalue weighted by Gasteiger charge is -2.11. The first kappa shape index (κ1) is 16.7. The van der Waals surface area contributed by atoms with Crippen molar-refractivity contribution in [2.45, 2.75) is 6.10 Å². The number of benzene rings is 1. The normalized spacial score (nSPS) is 13.1. The Kier molecular flexibility index (Phi) is 6.73. The van der Waals surface area contributed by atoms with Gasteiger partial charge in [-0.15, -0.1) is 0 Å². The number of hydrogen-bond acceptors (Lipinski definition) is 6. The van der Waals surface area contributed by atoms with Crippen molar-refractivity contribution < 1.29 is 23.0 Å². The Morgan fingerprint density at radius 1 is 1.35 bits per heavy atom. The van der Waals surface area contributed by atoms with Crippen LogP contribution < -0.4 is 15.2 Å². The third kappa shape index (κ3) is 6.71. The van der Waals surface area contributed by atoms with E-state index in [0.29, 0.717) is 11.4 Å². The summed E-state index contributed by atoms with van der Waals surface area (Å²) in [6, 6.07) is 6.67. The SMILES string of the molecule is COCC(O)CNS(=O)(=O)CCOc1ccc(N)cc1. The van der Waals surface area contributed by atoms with Crippen molar-refractivity contribution in [3.8, 4) is 5.75 Å². The molecule has 0 aliphatic rings. The Morgan fingerprint density at radius 3 is 2.60 bits per heavy atom. The predicted octanol–water partition coefficient (Wildman–Crippen LogP) is -0.426. The van der Waals surface area contributed by atoms with Crippen LogP contribution in [-0.4, -0.2) is 52.2 Å². The second kappa shape index (κ2) is 8.05. The number of aliphatic hydroxyl groups excluding tert-OH is 1. The zero-order chi connectivity index (χ0) is 15.0. The van der Waals surface area contributed by atoms with Crippen LogP contribution in [-0.2, 0) is 14.8 Å². The highest BCUT2D eigenvalue weighted by Crippen LogP contribution is 2.12. The van der Waals surface area contributed by atoms with E-state index < -0.39 is 16.1 Å². The minimum Gasteiger partial charge on any atom is -0.492 e. The minimum absolute atomic E-state index is 0.0135. The lowest BCUT2D eigenvalue weighted by molar-refractivity contribution is 0.0679. The Balaban J connectivity index is 2.30. The van der Waals surface area contributed by atoms with Gasteiger partial charge in [0.05, 0.1) is 18.5 Å². The molecular formula is C12H20N2O5S. The number of ether oxygens (including phenoxy) is 2. The standard InChI is InChI=1S/C12H20N2O5S/c1-18-9-11(15)8-14-20(16,17)7-6-19-12-4-2-10(13)3-5-12/h2-5,11,14-15H,6-9,13H2,1H3. The van der Waals surface area contributed by atoms with Gasteiger partial charge < -0.3 is 20.3 Å². The zero-order valence-corrected chi connectivity index (χ0v) is 12.1. The summed E-state index contributed by atoms with van der Waals surface area (Å²) in [7, 11) is -2.06. The second-order valence-electron chi connectivity index (χ2n) is 4.19. The highest BCUT2D eigenvalue weighted by Gasteiger charge is 2.13. The summed E-state index contributed by atoms with van der Waals surface area (Å²) in [6.45, 7) is 0.00211. The number of rotatable bonds is 9. The van der Waals surface area contributed by atoms with Crippen LogP contribution in [0.2, 0.25) is 0 Å². The van der Waals surface area contributed by atoms with E-state index in [4.69, 9.17) is 15.2 Å². The molecule has 8 heteroatoms. The van der Waals surface area contributed by atoms with Crippen LogP contribution in [0.15, 0.2) is 24.3 Å². The number of nitrogens with two attached hydrogens (primary N) is 1. The smallest absolute Gasteiger partial charge is 0.215 e. The van der Waals surface area contributed by atoms with Gasteiger partial charge in [0.1, 0.15) is 12.4 Å². The van der Waals surface area contributed by atoms with E-state index in [1.54, 1.807) is 24.3 Å². The van der Waals surface area contributed by atoms with Crippen LogP contribution in [0.3, 0.4) is 0 Å². The largest absolute Gasteiger partial charge is 0.492 e. The summed E-state index contributed by atoms with van der Waals surface area (Å²) in [5.74, 6) is 0.352. The minimum atomic E-state index is -3.49. The summed E-state index contributed by atoms with van der Waals surface area (Å²) in [5.41, 5.74) is 6.13. The van der Waals surface area contributed by atoms with Gasteiger partial charge in [-0.3, -0.25) is 0 Å². The molecule has 0 saturated heterocycles. The van der Waals surface area contributed by atoms with Crippen molar-refractivity contribution in [1.29, 1.82) is 0 Å². The highest BCUT2D eigenvalue weighted by molar-refractivity contribution is 7.89. The van der Waals surface area contributed by atoms with Crippen molar-refractivity contribution in [2.75, 3.05) is 38.4 Å². The molecule has 1 atom stereocenters. The van der Waals surface area contributed by atoms with E-state index in [0.717, 1.165) is 0 Å². The molecule has 1 aromatic carbocycles. The first-order chi connectivity index (χ1) is 9.43. The number of methoxy groups -OCH3 is 1. The molecule has 0 aromatic heterocycles. The van der Waals surface area contributed by atoms with E-state index in [1.165, 1.54) is 7.11 Å². The van der Waals surface area contributed by atoms with E-state index >= 15 is 0 Å². The summed E-state index contributed by atoms with van der Waals surface area (Å²) in [5, 5.41) is 9.35. The molecule has 0 spiro atoms. The fraction of sp³-hybridized carbons (Fsp3) is 0.500. The van der Waals surface area contributed by atoms with Gasteiger partial charge in [0, 0.05) is 19.3 Å². The number of hydrogen-bond donors (Lipinski definition) is 3. The molecule has 0 amide bonds. The van der Waals surface area contributed by atoms with Crippen LogP contribution in [0.5, 0.6) is 5.75 Å². The number of nitrogens with one attached hydrogen (secondary N) is 1. The Bertz CT molecular complexity index is 489. The predicted molar refractivity (Wildman–Crippen MR) is 76.0 cm³/mol. The molecule has 0 bridgehead atoms. The lowest BCUT2D eigenvalue weighted by atomic mass is 10.3. The van der Waals surface area contributed by atoms with Crippen molar-refractivity contribution in [1.82, 2.24) is 4.72 Å². The molecule has 0 fully saturated rings. The van der Waals surface area contributed by atoms with Gasteiger partial charge in [0.15, 0.2) is 0 Å². The molecule has 0 aliphatic heterocycles. The summed E-state index contributed by atoms with van der Waals surface area (Å²) >= 11 is 0. The maximum atomic E-state index is 11.6. The van der Waals surface area contributed by atoms with E-state index in [2.05, 4.69) is 4.72 Å². The number of anilines is 1. The first-order valence-electron chi connectivity index (χ1n) is 6.05. The molecule has 1 unspecified atom stereocenters. The molecule has 114 valence electrons. The molecule has 0 saturated carbocycles. The summed E-state index contributed by atoms with van der Waals surface area (Å²) in [6.07, 6.45) is -0.868. The van der Waals surface area contributed by atoms with E-state index in [9.17, 15) is 13.5 Å². The molecule has 0 radical (unpaired) electrons. The van der Waals surface area contributed by atoms with Gasteiger partial charge in [0.2, 0.25) is 10.0 Å². The van der Waals surface area contributed by atoms with Crippen LogP contribution in [0.25, 0.3) is 0 Å². The van der Waals surface area contributed by atoms with Crippen LogP contribution in [0.4, 0.5) is 5.69 Å². The lowest BCUT2D eigenvalue weighted by Crippen LogP contribution is -2.36. The zero-order valence-electron chi connectivity index (χ0n) is 11.3. The average molecular weight is 304 g/mol. The Morgan fingerprint density at radius 2 is 2.00 bits per heavy atom. The van der Waals surface area contributed by atoms with Gasteiger partial charge in [-0.1, -0.05) is 0 Å². The van der Waals surface area contributed by atoms with Crippen LogP contribution in [0, 0.1) is 0 Å². The van der Waals surface area contributed by atoms with E-state index in [1.807, 2.05) is 0 Å². The topological polar surface area (TPSA) is 111 Å². The van der Waals surface area contributed by atoms with Crippen LogP contribution in [0.1, 0.15) is 0 Å². The van der Waals surface area contributed by atoms with Crippen molar-refractivity contribution in [2.24, 2.45) is 0 Å². The maximum Gasteiger partial charge on any atom is 0.215 e. The molecule has 20 heavy (non-hydrogen) atoms. The summed E-state index contributed by atoms with van der Waals surface area (Å²) < 4.78 is 35.5. The fourth-order valence-corrected chi connectivity index (χ4v) is 2.27. The average Bonchev–Trinajstić information content (AvgIpc) is 2.39. The first-order valence-corrected chi connectivity index (χ1v) is 7.71. The Labute approximate surface area is 118 Å². The third-order valence-corrected chi connectivity index (χ3v) is 3.71. The molecule has 1 rings (SSSR count). The number of aliphatic hydroxyl groups is 1. The van der Waals surface area contributed by atoms with Crippen molar-refractivity contribution >= 4 is 15.7 Å². The number of sulfonamides is 1. The molecule has 7 nitrogen and oxygen atoms in total. The monoisotopic (exact) mass is 304 g/mol. The Hall–Kier alpha value is -1.35. The molecule has 0 aliphatic carbocycles. The highest BCUT2D eigenvalue weighted by atomic mass is 32.2. The van der Waals surface area contributed by atoms with Crippen molar-refractivity contribution in [3.05, 3.63) is 24.3 Å².